The molecule has 0 fully saturated rings. The average molecular weight is 334 g/mol. The Morgan fingerprint density at radius 3 is 2.31 bits per heavy atom. The van der Waals surface area contributed by atoms with Crippen LogP contribution in [0.2, 0.25) is 0 Å². The Bertz CT molecular complexity index is 1490. The number of imidazole rings is 1. The van der Waals surface area contributed by atoms with Crippen molar-refractivity contribution in [2.75, 3.05) is 0 Å². The van der Waals surface area contributed by atoms with Crippen LogP contribution in [-0.4, -0.2) is 14.5 Å². The normalized spacial score (nSPS) is 12.0. The Kier molecular flexibility index (Phi) is 2.49. The van der Waals surface area contributed by atoms with Crippen molar-refractivity contribution in [2.24, 2.45) is 0 Å². The first-order valence-electron chi connectivity index (χ1n) is 8.64. The zero-order valence-electron chi connectivity index (χ0n) is 13.8. The predicted molar refractivity (Wildman–Crippen MR) is 107 cm³/mol. The van der Waals surface area contributed by atoms with E-state index in [0.717, 1.165) is 38.4 Å². The fourth-order valence-electron chi connectivity index (χ4n) is 4.03. The first-order chi connectivity index (χ1) is 12.8. The van der Waals surface area contributed by atoms with Crippen molar-refractivity contribution in [3.63, 3.8) is 0 Å². The van der Waals surface area contributed by atoms with Gasteiger partial charge in [0.1, 0.15) is 11.4 Å². The van der Waals surface area contributed by atoms with E-state index in [2.05, 4.69) is 46.9 Å². The highest BCUT2D eigenvalue weighted by molar-refractivity contribution is 6.16. The molecule has 0 bridgehead atoms. The third-order valence-corrected chi connectivity index (χ3v) is 5.20. The summed E-state index contributed by atoms with van der Waals surface area (Å²) < 4.78 is 2.21. The Balaban J connectivity index is 2.02. The summed E-state index contributed by atoms with van der Waals surface area (Å²) in [5, 5.41) is 15.7. The average Bonchev–Trinajstić information content (AvgIpc) is 3.07. The van der Waals surface area contributed by atoms with E-state index in [1.165, 1.54) is 10.8 Å². The fraction of sp³-hybridized carbons (Fsp3) is 0. The second-order valence-electron chi connectivity index (χ2n) is 6.71. The van der Waals surface area contributed by atoms with Crippen molar-refractivity contribution in [1.29, 1.82) is 0 Å². The first-order valence-corrected chi connectivity index (χ1v) is 8.64. The van der Waals surface area contributed by atoms with Crippen molar-refractivity contribution >= 4 is 49.1 Å². The van der Waals surface area contributed by atoms with Gasteiger partial charge >= 0.3 is 0 Å². The molecule has 122 valence electrons. The van der Waals surface area contributed by atoms with E-state index in [1.54, 1.807) is 6.07 Å². The summed E-state index contributed by atoms with van der Waals surface area (Å²) >= 11 is 0. The number of para-hydroxylation sites is 2. The van der Waals surface area contributed by atoms with Gasteiger partial charge in [-0.3, -0.25) is 4.40 Å². The molecule has 6 aromatic rings. The second kappa shape index (κ2) is 4.73. The van der Waals surface area contributed by atoms with Crippen molar-refractivity contribution in [3.05, 3.63) is 78.9 Å². The van der Waals surface area contributed by atoms with Gasteiger partial charge in [0, 0.05) is 10.8 Å². The van der Waals surface area contributed by atoms with Crippen LogP contribution in [0.4, 0.5) is 0 Å². The van der Waals surface area contributed by atoms with Crippen LogP contribution in [-0.2, 0) is 0 Å². The van der Waals surface area contributed by atoms with E-state index in [0.29, 0.717) is 0 Å². The lowest BCUT2D eigenvalue weighted by atomic mass is 10.0. The topological polar surface area (TPSA) is 37.5 Å². The largest absolute Gasteiger partial charge is 0.508 e. The van der Waals surface area contributed by atoms with Gasteiger partial charge in [-0.25, -0.2) is 4.98 Å². The van der Waals surface area contributed by atoms with Crippen LogP contribution in [0.5, 0.6) is 5.75 Å². The smallest absolute Gasteiger partial charge is 0.146 e. The maximum Gasteiger partial charge on any atom is 0.146 e. The molecule has 0 amide bonds. The number of nitrogens with zero attached hydrogens (tertiary/aromatic N) is 2. The van der Waals surface area contributed by atoms with E-state index in [4.69, 9.17) is 4.98 Å². The maximum atomic E-state index is 10.1. The molecule has 0 saturated carbocycles. The molecule has 26 heavy (non-hydrogen) atoms. The Hall–Kier alpha value is -3.59. The molecule has 0 aliphatic carbocycles. The number of phenols is 1. The molecule has 0 saturated heterocycles. The molecule has 2 aromatic heterocycles. The Morgan fingerprint density at radius 2 is 1.42 bits per heavy atom. The molecule has 0 aliphatic heterocycles. The van der Waals surface area contributed by atoms with Crippen LogP contribution in [0.25, 0.3) is 49.1 Å². The van der Waals surface area contributed by atoms with Crippen LogP contribution in [0.1, 0.15) is 0 Å². The molecule has 0 aliphatic rings. The highest BCUT2D eigenvalue weighted by Crippen LogP contribution is 2.35. The van der Waals surface area contributed by atoms with Gasteiger partial charge < -0.3 is 5.11 Å². The third-order valence-electron chi connectivity index (χ3n) is 5.20. The van der Waals surface area contributed by atoms with E-state index < -0.39 is 0 Å². The molecular formula is C23H14N2O. The molecular weight excluding hydrogens is 320 g/mol. The van der Waals surface area contributed by atoms with Gasteiger partial charge in [0.25, 0.3) is 0 Å². The van der Waals surface area contributed by atoms with Crippen molar-refractivity contribution in [1.82, 2.24) is 9.38 Å². The molecule has 6 rings (SSSR count). The summed E-state index contributed by atoms with van der Waals surface area (Å²) in [6.07, 6.45) is 0. The summed E-state index contributed by atoms with van der Waals surface area (Å²) in [7, 11) is 0. The molecule has 0 unspecified atom stereocenters. The third kappa shape index (κ3) is 1.69. The zero-order valence-corrected chi connectivity index (χ0v) is 13.8. The molecule has 0 radical (unpaired) electrons. The Morgan fingerprint density at radius 1 is 0.654 bits per heavy atom. The van der Waals surface area contributed by atoms with Gasteiger partial charge in [-0.2, -0.15) is 0 Å². The van der Waals surface area contributed by atoms with Crippen LogP contribution in [0.3, 0.4) is 0 Å². The number of phenolic OH excluding ortho intramolecular Hbond substituents is 1. The summed E-state index contributed by atoms with van der Waals surface area (Å²) in [5.41, 5.74) is 4.04. The zero-order chi connectivity index (χ0) is 17.3. The lowest BCUT2D eigenvalue weighted by molar-refractivity contribution is 0.476. The fourth-order valence-corrected chi connectivity index (χ4v) is 4.03. The number of hydrogen-bond acceptors (Lipinski definition) is 2. The second-order valence-corrected chi connectivity index (χ2v) is 6.71. The Labute approximate surface area is 148 Å². The SMILES string of the molecule is Oc1ccc2c3cc4ccccc4cc3n3c4ccccc4nc3c2c1. The van der Waals surface area contributed by atoms with Gasteiger partial charge in [0.2, 0.25) is 0 Å². The van der Waals surface area contributed by atoms with Crippen molar-refractivity contribution in [3.8, 4) is 5.75 Å². The molecule has 0 atom stereocenters. The molecule has 1 N–H and O–H groups in total. The number of aromatic nitrogens is 2. The molecule has 4 aromatic carbocycles. The summed E-state index contributed by atoms with van der Waals surface area (Å²) in [6, 6.07) is 26.6. The lowest BCUT2D eigenvalue weighted by Gasteiger charge is -2.11. The van der Waals surface area contributed by atoms with E-state index in [9.17, 15) is 5.11 Å². The number of fused-ring (bicyclic) bond motifs is 9. The van der Waals surface area contributed by atoms with Crippen molar-refractivity contribution in [2.45, 2.75) is 0 Å². The van der Waals surface area contributed by atoms with E-state index in [1.807, 2.05) is 30.3 Å². The minimum absolute atomic E-state index is 0.256. The quantitative estimate of drug-likeness (QED) is 0.288. The summed E-state index contributed by atoms with van der Waals surface area (Å²) in [4.78, 5) is 4.87. The maximum absolute atomic E-state index is 10.1. The molecule has 3 heteroatoms. The minimum Gasteiger partial charge on any atom is -0.508 e. The van der Waals surface area contributed by atoms with E-state index >= 15 is 0 Å². The highest BCUT2D eigenvalue weighted by atomic mass is 16.3. The molecule has 3 nitrogen and oxygen atoms in total. The molecule has 0 spiro atoms. The molecule has 2 heterocycles. The standard InChI is InChI=1S/C23H14N2O/c26-16-9-10-17-18-11-14-5-1-2-6-15(14)12-22(18)25-21-8-4-3-7-20(21)24-23(25)19(17)13-16/h1-13,26H. The van der Waals surface area contributed by atoms with Gasteiger partial charge in [-0.1, -0.05) is 36.4 Å². The summed E-state index contributed by atoms with van der Waals surface area (Å²) in [5.74, 6) is 0.256. The van der Waals surface area contributed by atoms with Gasteiger partial charge in [-0.05, 0) is 58.6 Å². The van der Waals surface area contributed by atoms with Crippen LogP contribution in [0.15, 0.2) is 78.9 Å². The lowest BCUT2D eigenvalue weighted by Crippen LogP contribution is -1.92. The van der Waals surface area contributed by atoms with Gasteiger partial charge in [0.05, 0.1) is 16.6 Å². The van der Waals surface area contributed by atoms with E-state index in [-0.39, 0.29) is 5.75 Å². The van der Waals surface area contributed by atoms with Gasteiger partial charge in [0.15, 0.2) is 0 Å². The number of hydrogen-bond donors (Lipinski definition) is 1. The number of rotatable bonds is 0. The number of benzene rings is 4. The number of aromatic hydroxyl groups is 1. The predicted octanol–water partition coefficient (Wildman–Crippen LogP) is 5.65. The van der Waals surface area contributed by atoms with Crippen LogP contribution < -0.4 is 0 Å². The monoisotopic (exact) mass is 334 g/mol. The van der Waals surface area contributed by atoms with Crippen LogP contribution >= 0.6 is 0 Å². The minimum atomic E-state index is 0.256. The van der Waals surface area contributed by atoms with Crippen LogP contribution in [0, 0.1) is 0 Å². The summed E-state index contributed by atoms with van der Waals surface area (Å²) in [6.45, 7) is 0. The van der Waals surface area contributed by atoms with Crippen molar-refractivity contribution < 1.29 is 5.11 Å². The number of pyridine rings is 1. The highest BCUT2D eigenvalue weighted by Gasteiger charge is 2.14. The van der Waals surface area contributed by atoms with Gasteiger partial charge in [-0.15, -0.1) is 0 Å². The first kappa shape index (κ1) is 13.7.